The molecule has 0 atom stereocenters. The molecule has 0 saturated heterocycles. The molecule has 3 amide bonds. The number of rotatable bonds is 10. The van der Waals surface area contributed by atoms with Crippen LogP contribution in [0.3, 0.4) is 0 Å². The Bertz CT molecular complexity index is 548. The third-order valence-electron chi connectivity index (χ3n) is 4.18. The maximum Gasteiger partial charge on any atom is 0.261 e. The van der Waals surface area contributed by atoms with Gasteiger partial charge in [-0.3, -0.25) is 19.3 Å². The number of hydrogen-bond acceptors (Lipinski definition) is 3. The van der Waals surface area contributed by atoms with Gasteiger partial charge in [0.2, 0.25) is 5.91 Å². The number of benzene rings is 1. The van der Waals surface area contributed by atoms with Gasteiger partial charge < -0.3 is 5.73 Å². The van der Waals surface area contributed by atoms with Crippen LogP contribution in [0.25, 0.3) is 0 Å². The van der Waals surface area contributed by atoms with E-state index in [4.69, 9.17) is 5.73 Å². The minimum absolute atomic E-state index is 0.169. The zero-order chi connectivity index (χ0) is 16.7. The first-order valence-electron chi connectivity index (χ1n) is 8.35. The first kappa shape index (κ1) is 17.2. The van der Waals surface area contributed by atoms with E-state index in [2.05, 4.69) is 0 Å². The predicted octanol–water partition coefficient (Wildman–Crippen LogP) is 2.89. The molecule has 1 aromatic rings. The van der Waals surface area contributed by atoms with Crippen LogP contribution in [-0.4, -0.2) is 29.2 Å². The van der Waals surface area contributed by atoms with Gasteiger partial charge >= 0.3 is 0 Å². The van der Waals surface area contributed by atoms with Crippen molar-refractivity contribution in [3.05, 3.63) is 35.4 Å². The summed E-state index contributed by atoms with van der Waals surface area (Å²) >= 11 is 0. The molecule has 124 valence electrons. The topological polar surface area (TPSA) is 80.5 Å². The van der Waals surface area contributed by atoms with Crippen molar-refractivity contribution >= 4 is 17.7 Å². The molecular weight excluding hydrogens is 292 g/mol. The molecule has 0 fully saturated rings. The van der Waals surface area contributed by atoms with Crippen molar-refractivity contribution in [2.75, 3.05) is 6.54 Å². The second-order valence-electron chi connectivity index (χ2n) is 6.00. The van der Waals surface area contributed by atoms with Crippen molar-refractivity contribution in [1.29, 1.82) is 0 Å². The highest BCUT2D eigenvalue weighted by molar-refractivity contribution is 6.21. The van der Waals surface area contributed by atoms with Gasteiger partial charge in [-0.1, -0.05) is 44.2 Å². The average molecular weight is 316 g/mol. The zero-order valence-corrected chi connectivity index (χ0v) is 13.4. The van der Waals surface area contributed by atoms with E-state index >= 15 is 0 Å². The number of primary amides is 1. The summed E-state index contributed by atoms with van der Waals surface area (Å²) in [5, 5.41) is 0. The van der Waals surface area contributed by atoms with E-state index in [1.54, 1.807) is 24.3 Å². The Balaban J connectivity index is 1.60. The molecule has 0 unspecified atom stereocenters. The third kappa shape index (κ3) is 4.65. The molecule has 2 N–H and O–H groups in total. The molecular formula is C18H24N2O3. The second kappa shape index (κ2) is 8.46. The zero-order valence-electron chi connectivity index (χ0n) is 13.4. The minimum atomic E-state index is -0.231. The summed E-state index contributed by atoms with van der Waals surface area (Å²) < 4.78 is 0. The molecule has 1 heterocycles. The fourth-order valence-corrected chi connectivity index (χ4v) is 2.90. The van der Waals surface area contributed by atoms with Gasteiger partial charge in [0.05, 0.1) is 11.1 Å². The van der Waals surface area contributed by atoms with Crippen molar-refractivity contribution in [3.8, 4) is 0 Å². The fraction of sp³-hybridized carbons (Fsp3) is 0.500. The van der Waals surface area contributed by atoms with Crippen molar-refractivity contribution < 1.29 is 14.4 Å². The lowest BCUT2D eigenvalue weighted by Crippen LogP contribution is -2.30. The lowest BCUT2D eigenvalue weighted by Gasteiger charge is -2.13. The van der Waals surface area contributed by atoms with Crippen LogP contribution < -0.4 is 5.73 Å². The van der Waals surface area contributed by atoms with Gasteiger partial charge in [-0.25, -0.2) is 0 Å². The molecule has 0 spiro atoms. The quantitative estimate of drug-likeness (QED) is 0.532. The van der Waals surface area contributed by atoms with Crippen molar-refractivity contribution in [2.24, 2.45) is 5.73 Å². The molecule has 1 aromatic carbocycles. The van der Waals surface area contributed by atoms with Crippen molar-refractivity contribution in [2.45, 2.75) is 51.4 Å². The highest BCUT2D eigenvalue weighted by atomic mass is 16.2. The molecule has 23 heavy (non-hydrogen) atoms. The van der Waals surface area contributed by atoms with Crippen LogP contribution in [0.5, 0.6) is 0 Å². The van der Waals surface area contributed by atoms with Crippen LogP contribution in [0, 0.1) is 0 Å². The Morgan fingerprint density at radius 3 is 1.83 bits per heavy atom. The Kier molecular flexibility index (Phi) is 6.32. The maximum atomic E-state index is 12.2. The first-order valence-corrected chi connectivity index (χ1v) is 8.35. The average Bonchev–Trinajstić information content (AvgIpc) is 2.78. The van der Waals surface area contributed by atoms with Crippen LogP contribution in [0.2, 0.25) is 0 Å². The molecule has 0 radical (unpaired) electrons. The van der Waals surface area contributed by atoms with E-state index in [0.717, 1.165) is 44.9 Å². The number of nitrogens with two attached hydrogens (primary N) is 1. The molecule has 1 aliphatic heterocycles. The number of carbonyl (C=O) groups is 3. The Hall–Kier alpha value is -2.17. The highest BCUT2D eigenvalue weighted by Gasteiger charge is 2.34. The predicted molar refractivity (Wildman–Crippen MR) is 87.9 cm³/mol. The van der Waals surface area contributed by atoms with Gasteiger partial charge in [-0.15, -0.1) is 0 Å². The van der Waals surface area contributed by atoms with E-state index in [0.29, 0.717) is 24.1 Å². The summed E-state index contributed by atoms with van der Waals surface area (Å²) in [5.41, 5.74) is 6.13. The standard InChI is InChI=1S/C18H24N2O3/c19-16(21)12-6-4-2-1-3-5-9-13-20-17(22)14-10-7-8-11-15(14)18(20)23/h7-8,10-11H,1-6,9,12-13H2,(H2,19,21). The number of imide groups is 1. The number of amides is 3. The highest BCUT2D eigenvalue weighted by Crippen LogP contribution is 2.22. The van der Waals surface area contributed by atoms with Crippen LogP contribution in [-0.2, 0) is 4.79 Å². The molecule has 2 rings (SSSR count). The summed E-state index contributed by atoms with van der Waals surface area (Å²) in [6.07, 6.45) is 7.50. The molecule has 0 bridgehead atoms. The van der Waals surface area contributed by atoms with Crippen LogP contribution in [0.1, 0.15) is 72.1 Å². The monoisotopic (exact) mass is 316 g/mol. The van der Waals surface area contributed by atoms with Gasteiger partial charge in [0.25, 0.3) is 11.8 Å². The Morgan fingerprint density at radius 1 is 0.826 bits per heavy atom. The SMILES string of the molecule is NC(=O)CCCCCCCCCN1C(=O)c2ccccc2C1=O. The van der Waals surface area contributed by atoms with Crippen LogP contribution in [0.15, 0.2) is 24.3 Å². The lowest BCUT2D eigenvalue weighted by molar-refractivity contribution is -0.118. The summed E-state index contributed by atoms with van der Waals surface area (Å²) in [7, 11) is 0. The summed E-state index contributed by atoms with van der Waals surface area (Å²) in [4.78, 5) is 36.3. The molecule has 1 aliphatic rings. The second-order valence-corrected chi connectivity index (χ2v) is 6.00. The molecule has 5 nitrogen and oxygen atoms in total. The van der Waals surface area contributed by atoms with Gasteiger partial charge in [0.15, 0.2) is 0 Å². The largest absolute Gasteiger partial charge is 0.370 e. The lowest BCUT2D eigenvalue weighted by atomic mass is 10.1. The van der Waals surface area contributed by atoms with E-state index in [9.17, 15) is 14.4 Å². The van der Waals surface area contributed by atoms with Crippen LogP contribution >= 0.6 is 0 Å². The van der Waals surface area contributed by atoms with Gasteiger partial charge in [-0.05, 0) is 25.0 Å². The van der Waals surface area contributed by atoms with Crippen molar-refractivity contribution in [3.63, 3.8) is 0 Å². The maximum absolute atomic E-state index is 12.2. The number of carbonyl (C=O) groups excluding carboxylic acids is 3. The normalized spacial score (nSPS) is 13.5. The number of nitrogens with zero attached hydrogens (tertiary/aromatic N) is 1. The molecule has 5 heteroatoms. The molecule has 0 aromatic heterocycles. The van der Waals surface area contributed by atoms with Gasteiger partial charge in [-0.2, -0.15) is 0 Å². The molecule has 0 saturated carbocycles. The Labute approximate surface area is 136 Å². The van der Waals surface area contributed by atoms with E-state index in [1.807, 2.05) is 0 Å². The number of unbranched alkanes of at least 4 members (excludes halogenated alkanes) is 6. The summed E-state index contributed by atoms with van der Waals surface area (Å²) in [6, 6.07) is 6.99. The summed E-state index contributed by atoms with van der Waals surface area (Å²) in [6.45, 7) is 0.494. The van der Waals surface area contributed by atoms with Crippen LogP contribution in [0.4, 0.5) is 0 Å². The fourth-order valence-electron chi connectivity index (χ4n) is 2.90. The van der Waals surface area contributed by atoms with Gasteiger partial charge in [0, 0.05) is 13.0 Å². The number of fused-ring (bicyclic) bond motifs is 1. The minimum Gasteiger partial charge on any atom is -0.370 e. The Morgan fingerprint density at radius 2 is 1.30 bits per heavy atom. The van der Waals surface area contributed by atoms with Gasteiger partial charge in [0.1, 0.15) is 0 Å². The smallest absolute Gasteiger partial charge is 0.261 e. The first-order chi connectivity index (χ1) is 11.1. The van der Waals surface area contributed by atoms with E-state index in [-0.39, 0.29) is 17.7 Å². The summed E-state index contributed by atoms with van der Waals surface area (Å²) in [5.74, 6) is -0.569. The number of hydrogen-bond donors (Lipinski definition) is 1. The van der Waals surface area contributed by atoms with E-state index in [1.165, 1.54) is 4.90 Å². The molecule has 0 aliphatic carbocycles. The van der Waals surface area contributed by atoms with Crippen molar-refractivity contribution in [1.82, 2.24) is 4.90 Å². The van der Waals surface area contributed by atoms with E-state index < -0.39 is 0 Å². The third-order valence-corrected chi connectivity index (χ3v) is 4.18.